The van der Waals surface area contributed by atoms with Crippen LogP contribution >= 0.6 is 31.9 Å². The molecule has 0 atom stereocenters. The van der Waals surface area contributed by atoms with Crippen LogP contribution < -0.4 is 4.72 Å². The maximum atomic E-state index is 12.5. The second-order valence-electron chi connectivity index (χ2n) is 4.98. The summed E-state index contributed by atoms with van der Waals surface area (Å²) in [4.78, 5) is 0.205. The van der Waals surface area contributed by atoms with Crippen LogP contribution in [0.1, 0.15) is 25.3 Å². The maximum Gasteiger partial charge on any atom is 0.263 e. The number of anilines is 1. The molecule has 0 saturated heterocycles. The standard InChI is InChI=1S/C16H17Br2NO2S/c1-2-3-4-12-5-8-14(9-6-12)19-22(20,21)16-11-13(17)7-10-15(16)18/h5-11,19H,2-4H2,1H3. The van der Waals surface area contributed by atoms with Crippen LogP contribution in [-0.4, -0.2) is 8.42 Å². The molecule has 0 unspecified atom stereocenters. The van der Waals surface area contributed by atoms with Crippen molar-refractivity contribution in [3.05, 3.63) is 57.0 Å². The second kappa shape index (κ2) is 7.62. The van der Waals surface area contributed by atoms with Crippen molar-refractivity contribution in [1.29, 1.82) is 0 Å². The molecule has 0 aliphatic heterocycles. The Morgan fingerprint density at radius 2 is 1.73 bits per heavy atom. The van der Waals surface area contributed by atoms with E-state index in [2.05, 4.69) is 43.5 Å². The Morgan fingerprint density at radius 3 is 2.36 bits per heavy atom. The predicted octanol–water partition coefficient (Wildman–Crippen LogP) is 5.36. The molecule has 0 aliphatic rings. The molecule has 0 aromatic heterocycles. The number of rotatable bonds is 6. The Hall–Kier alpha value is -0.850. The highest BCUT2D eigenvalue weighted by Gasteiger charge is 2.18. The van der Waals surface area contributed by atoms with E-state index in [1.54, 1.807) is 30.3 Å². The van der Waals surface area contributed by atoms with Gasteiger partial charge in [0.05, 0.1) is 0 Å². The first kappa shape index (κ1) is 17.5. The molecule has 0 amide bonds. The molecule has 0 saturated carbocycles. The van der Waals surface area contributed by atoms with Gasteiger partial charge < -0.3 is 0 Å². The number of nitrogens with one attached hydrogen (secondary N) is 1. The molecule has 1 N–H and O–H groups in total. The van der Waals surface area contributed by atoms with Gasteiger partial charge in [-0.15, -0.1) is 0 Å². The van der Waals surface area contributed by atoms with E-state index in [9.17, 15) is 8.42 Å². The molecule has 6 heteroatoms. The molecular weight excluding hydrogens is 430 g/mol. The molecule has 0 spiro atoms. The summed E-state index contributed by atoms with van der Waals surface area (Å²) in [5, 5.41) is 0. The number of hydrogen-bond donors (Lipinski definition) is 1. The summed E-state index contributed by atoms with van der Waals surface area (Å²) in [7, 11) is -3.62. The lowest BCUT2D eigenvalue weighted by molar-refractivity contribution is 0.600. The van der Waals surface area contributed by atoms with E-state index in [-0.39, 0.29) is 4.90 Å². The van der Waals surface area contributed by atoms with Gasteiger partial charge in [0.25, 0.3) is 10.0 Å². The van der Waals surface area contributed by atoms with Crippen LogP contribution in [0.3, 0.4) is 0 Å². The summed E-state index contributed by atoms with van der Waals surface area (Å²) < 4.78 is 28.8. The van der Waals surface area contributed by atoms with Crippen molar-refractivity contribution < 1.29 is 8.42 Å². The van der Waals surface area contributed by atoms with Crippen LogP contribution in [0.5, 0.6) is 0 Å². The van der Waals surface area contributed by atoms with Gasteiger partial charge in [0.15, 0.2) is 0 Å². The smallest absolute Gasteiger partial charge is 0.263 e. The zero-order valence-electron chi connectivity index (χ0n) is 12.1. The van der Waals surface area contributed by atoms with Crippen molar-refractivity contribution in [1.82, 2.24) is 0 Å². The SMILES string of the molecule is CCCCc1ccc(NS(=O)(=O)c2cc(Br)ccc2Br)cc1. The normalized spacial score (nSPS) is 11.4. The number of hydrogen-bond acceptors (Lipinski definition) is 2. The number of benzene rings is 2. The first-order chi connectivity index (χ1) is 10.4. The highest BCUT2D eigenvalue weighted by Crippen LogP contribution is 2.27. The minimum Gasteiger partial charge on any atom is -0.280 e. The number of sulfonamides is 1. The third-order valence-electron chi connectivity index (χ3n) is 3.21. The molecule has 2 aromatic carbocycles. The minimum atomic E-state index is -3.62. The van der Waals surface area contributed by atoms with Crippen molar-refractivity contribution in [3.8, 4) is 0 Å². The summed E-state index contributed by atoms with van der Waals surface area (Å²) in [5.74, 6) is 0. The average molecular weight is 447 g/mol. The van der Waals surface area contributed by atoms with Gasteiger partial charge in [0.2, 0.25) is 0 Å². The summed E-state index contributed by atoms with van der Waals surface area (Å²) >= 11 is 6.57. The third kappa shape index (κ3) is 4.57. The lowest BCUT2D eigenvalue weighted by Crippen LogP contribution is -2.13. The fraction of sp³-hybridized carbons (Fsp3) is 0.250. The molecule has 0 heterocycles. The second-order valence-corrected chi connectivity index (χ2v) is 8.40. The molecule has 0 aliphatic carbocycles. The molecule has 3 nitrogen and oxygen atoms in total. The van der Waals surface area contributed by atoms with E-state index < -0.39 is 10.0 Å². The first-order valence-corrected chi connectivity index (χ1v) is 10.1. The monoisotopic (exact) mass is 445 g/mol. The van der Waals surface area contributed by atoms with Crippen molar-refractivity contribution >= 4 is 47.6 Å². The van der Waals surface area contributed by atoms with Crippen LogP contribution in [0.4, 0.5) is 5.69 Å². The van der Waals surface area contributed by atoms with Crippen LogP contribution in [-0.2, 0) is 16.4 Å². The zero-order chi connectivity index (χ0) is 16.2. The van der Waals surface area contributed by atoms with Crippen LogP contribution in [0.15, 0.2) is 56.3 Å². The van der Waals surface area contributed by atoms with E-state index in [1.165, 1.54) is 5.56 Å². The highest BCUT2D eigenvalue weighted by atomic mass is 79.9. The van der Waals surface area contributed by atoms with Gasteiger partial charge in [-0.25, -0.2) is 8.42 Å². The lowest BCUT2D eigenvalue weighted by atomic mass is 10.1. The largest absolute Gasteiger partial charge is 0.280 e. The maximum absolute atomic E-state index is 12.5. The minimum absolute atomic E-state index is 0.205. The molecule has 2 aromatic rings. The predicted molar refractivity (Wildman–Crippen MR) is 97.7 cm³/mol. The summed E-state index contributed by atoms with van der Waals surface area (Å²) in [6.45, 7) is 2.15. The molecule has 22 heavy (non-hydrogen) atoms. The average Bonchev–Trinajstić information content (AvgIpc) is 2.48. The molecule has 0 bridgehead atoms. The van der Waals surface area contributed by atoms with Crippen molar-refractivity contribution in [2.45, 2.75) is 31.1 Å². The first-order valence-electron chi connectivity index (χ1n) is 6.99. The van der Waals surface area contributed by atoms with Gasteiger partial charge in [0, 0.05) is 14.6 Å². The van der Waals surface area contributed by atoms with Crippen LogP contribution in [0.25, 0.3) is 0 Å². The van der Waals surface area contributed by atoms with Gasteiger partial charge in [-0.3, -0.25) is 4.72 Å². The van der Waals surface area contributed by atoms with Crippen molar-refractivity contribution in [2.24, 2.45) is 0 Å². The molecule has 118 valence electrons. The Morgan fingerprint density at radius 1 is 1.05 bits per heavy atom. The molecular formula is C16H17Br2NO2S. The summed E-state index contributed by atoms with van der Waals surface area (Å²) in [5.41, 5.74) is 1.78. The van der Waals surface area contributed by atoms with Gasteiger partial charge in [0.1, 0.15) is 4.90 Å². The van der Waals surface area contributed by atoms with Gasteiger partial charge >= 0.3 is 0 Å². The number of halogens is 2. The fourth-order valence-corrected chi connectivity index (χ4v) is 4.58. The van der Waals surface area contributed by atoms with E-state index in [0.717, 1.165) is 19.3 Å². The quantitative estimate of drug-likeness (QED) is 0.649. The van der Waals surface area contributed by atoms with E-state index in [0.29, 0.717) is 14.6 Å². The number of aryl methyl sites for hydroxylation is 1. The Balaban J connectivity index is 2.20. The van der Waals surface area contributed by atoms with Crippen molar-refractivity contribution in [2.75, 3.05) is 4.72 Å². The summed E-state index contributed by atoms with van der Waals surface area (Å²) in [6, 6.07) is 12.6. The molecule has 2 rings (SSSR count). The van der Waals surface area contributed by atoms with Gasteiger partial charge in [-0.2, -0.15) is 0 Å². The topological polar surface area (TPSA) is 46.2 Å². The lowest BCUT2D eigenvalue weighted by Gasteiger charge is -2.10. The van der Waals surface area contributed by atoms with E-state index in [4.69, 9.17) is 0 Å². The Labute approximate surface area is 148 Å². The van der Waals surface area contributed by atoms with Crippen LogP contribution in [0.2, 0.25) is 0 Å². The van der Waals surface area contributed by atoms with Crippen molar-refractivity contribution in [3.63, 3.8) is 0 Å². The fourth-order valence-electron chi connectivity index (χ4n) is 2.01. The highest BCUT2D eigenvalue weighted by molar-refractivity contribution is 9.11. The number of unbranched alkanes of at least 4 members (excludes halogenated alkanes) is 1. The molecule has 0 fully saturated rings. The third-order valence-corrected chi connectivity index (χ3v) is 6.08. The van der Waals surface area contributed by atoms with Crippen LogP contribution in [0, 0.1) is 0 Å². The Bertz CT molecular complexity index is 743. The van der Waals surface area contributed by atoms with E-state index >= 15 is 0 Å². The van der Waals surface area contributed by atoms with Gasteiger partial charge in [-0.05, 0) is 64.7 Å². The van der Waals surface area contributed by atoms with Gasteiger partial charge in [-0.1, -0.05) is 41.4 Å². The zero-order valence-corrected chi connectivity index (χ0v) is 16.1. The summed E-state index contributed by atoms with van der Waals surface area (Å²) in [6.07, 6.45) is 3.29. The Kier molecular flexibility index (Phi) is 6.06. The van der Waals surface area contributed by atoms with E-state index in [1.807, 2.05) is 12.1 Å². The molecule has 0 radical (unpaired) electrons.